The molecule has 2 rings (SSSR count). The number of nitrogens with one attached hydrogen (secondary N) is 2. The van der Waals surface area contributed by atoms with E-state index in [2.05, 4.69) is 15.6 Å². The van der Waals surface area contributed by atoms with Crippen LogP contribution in [0.25, 0.3) is 0 Å². The van der Waals surface area contributed by atoms with Crippen LogP contribution in [0.4, 0.5) is 10.5 Å². The molecule has 0 spiro atoms. The summed E-state index contributed by atoms with van der Waals surface area (Å²) in [5.41, 5.74) is 0.412. The van der Waals surface area contributed by atoms with Gasteiger partial charge >= 0.3 is 12.0 Å². The fraction of sp³-hybridized carbons (Fsp3) is 0.417. The summed E-state index contributed by atoms with van der Waals surface area (Å²) in [4.78, 5) is 26.3. The fourth-order valence-corrected chi connectivity index (χ4v) is 4.27. The van der Waals surface area contributed by atoms with E-state index in [4.69, 9.17) is 5.11 Å². The highest BCUT2D eigenvalue weighted by Crippen LogP contribution is 2.23. The lowest BCUT2D eigenvalue weighted by Crippen LogP contribution is -2.36. The first kappa shape index (κ1) is 15.0. The van der Waals surface area contributed by atoms with Gasteiger partial charge in [-0.3, -0.25) is 4.98 Å². The second-order valence-electron chi connectivity index (χ2n) is 4.17. The van der Waals surface area contributed by atoms with Gasteiger partial charge < -0.3 is 15.7 Å². The number of carboxylic acid groups (broad SMARTS) is 1. The van der Waals surface area contributed by atoms with E-state index >= 15 is 0 Å². The summed E-state index contributed by atoms with van der Waals surface area (Å²) in [5, 5.41) is 14.7. The predicted molar refractivity (Wildman–Crippen MR) is 81.8 cm³/mol. The number of aromatic nitrogens is 1. The first-order valence-electron chi connectivity index (χ1n) is 6.07. The third-order valence-electron chi connectivity index (χ3n) is 2.62. The van der Waals surface area contributed by atoms with Crippen LogP contribution in [0.15, 0.2) is 18.5 Å². The van der Waals surface area contributed by atoms with Gasteiger partial charge in [0.2, 0.25) is 0 Å². The minimum absolute atomic E-state index is 0.0436. The Balaban J connectivity index is 1.81. The van der Waals surface area contributed by atoms with E-state index in [-0.39, 0.29) is 11.6 Å². The van der Waals surface area contributed by atoms with Gasteiger partial charge in [-0.15, -0.1) is 0 Å². The normalized spacial score (nSPS) is 18.3. The minimum atomic E-state index is -1.07. The molecule has 1 atom stereocenters. The molecule has 2 heterocycles. The van der Waals surface area contributed by atoms with Gasteiger partial charge in [0.05, 0.1) is 17.4 Å². The number of aromatic carboxylic acids is 1. The van der Waals surface area contributed by atoms with E-state index in [1.165, 1.54) is 24.2 Å². The third-order valence-corrected chi connectivity index (χ3v) is 5.46. The number of carbonyl (C=O) groups excluding carboxylic acids is 1. The summed E-state index contributed by atoms with van der Waals surface area (Å²) in [6.45, 7) is 0.607. The average Bonchev–Trinajstić information content (AvgIpc) is 2.46. The molecule has 108 valence electrons. The molecule has 0 bridgehead atoms. The number of carboxylic acids is 1. The molecule has 0 aromatic carbocycles. The zero-order chi connectivity index (χ0) is 14.4. The van der Waals surface area contributed by atoms with Crippen molar-refractivity contribution < 1.29 is 14.7 Å². The zero-order valence-electron chi connectivity index (χ0n) is 10.7. The largest absolute Gasteiger partial charge is 0.478 e. The van der Waals surface area contributed by atoms with Crippen molar-refractivity contribution in [1.29, 1.82) is 0 Å². The van der Waals surface area contributed by atoms with Crippen LogP contribution in [0.2, 0.25) is 0 Å². The fourth-order valence-electron chi connectivity index (χ4n) is 1.66. The summed E-state index contributed by atoms with van der Waals surface area (Å²) in [5.74, 6) is 2.25. The van der Waals surface area contributed by atoms with Crippen molar-refractivity contribution in [3.05, 3.63) is 24.0 Å². The molecule has 1 fully saturated rings. The standard InChI is InChI=1S/C12H15N3O3S2/c16-11(17)8-3-9(5-13-4-8)15-12(18)14-6-10-7-19-1-2-20-10/h3-5,10H,1-2,6-7H2,(H,16,17)(H2,14,15,18). The quantitative estimate of drug-likeness (QED) is 0.784. The average molecular weight is 313 g/mol. The van der Waals surface area contributed by atoms with E-state index in [1.54, 1.807) is 0 Å². The molecule has 6 nitrogen and oxygen atoms in total. The number of carbonyl (C=O) groups is 2. The van der Waals surface area contributed by atoms with Gasteiger partial charge in [-0.25, -0.2) is 9.59 Å². The number of anilines is 1. The van der Waals surface area contributed by atoms with Gasteiger partial charge in [0.15, 0.2) is 0 Å². The van der Waals surface area contributed by atoms with Crippen LogP contribution in [-0.2, 0) is 0 Å². The molecule has 1 aliphatic heterocycles. The van der Waals surface area contributed by atoms with Crippen LogP contribution in [-0.4, -0.2) is 51.1 Å². The minimum Gasteiger partial charge on any atom is -0.478 e. The Kier molecular flexibility index (Phi) is 5.54. The molecule has 20 heavy (non-hydrogen) atoms. The highest BCUT2D eigenvalue weighted by atomic mass is 32.2. The Morgan fingerprint density at radius 1 is 1.40 bits per heavy atom. The first-order chi connectivity index (χ1) is 9.65. The van der Waals surface area contributed by atoms with Crippen LogP contribution in [0, 0.1) is 0 Å². The molecule has 1 aromatic heterocycles. The van der Waals surface area contributed by atoms with Crippen LogP contribution in [0.3, 0.4) is 0 Å². The zero-order valence-corrected chi connectivity index (χ0v) is 12.3. The van der Waals surface area contributed by atoms with Crippen LogP contribution in [0.5, 0.6) is 0 Å². The number of hydrogen-bond donors (Lipinski definition) is 3. The number of rotatable bonds is 4. The lowest BCUT2D eigenvalue weighted by Gasteiger charge is -2.21. The smallest absolute Gasteiger partial charge is 0.337 e. The summed E-state index contributed by atoms with van der Waals surface area (Å²) in [6.07, 6.45) is 2.65. The summed E-state index contributed by atoms with van der Waals surface area (Å²) < 4.78 is 0. The number of hydrogen-bond acceptors (Lipinski definition) is 5. The van der Waals surface area contributed by atoms with Gasteiger partial charge in [-0.05, 0) is 6.07 Å². The summed E-state index contributed by atoms with van der Waals surface area (Å²) in [7, 11) is 0. The van der Waals surface area contributed by atoms with E-state index in [1.807, 2.05) is 23.5 Å². The lowest BCUT2D eigenvalue weighted by atomic mass is 10.3. The van der Waals surface area contributed by atoms with Gasteiger partial charge in [0.25, 0.3) is 0 Å². The van der Waals surface area contributed by atoms with E-state index in [0.717, 1.165) is 11.5 Å². The molecule has 0 saturated carbocycles. The molecule has 0 radical (unpaired) electrons. The van der Waals surface area contributed by atoms with Crippen molar-refractivity contribution in [2.45, 2.75) is 5.25 Å². The van der Waals surface area contributed by atoms with Crippen molar-refractivity contribution >= 4 is 41.2 Å². The van der Waals surface area contributed by atoms with E-state index in [9.17, 15) is 9.59 Å². The van der Waals surface area contributed by atoms with Crippen LogP contribution < -0.4 is 10.6 Å². The lowest BCUT2D eigenvalue weighted by molar-refractivity contribution is 0.0696. The highest BCUT2D eigenvalue weighted by molar-refractivity contribution is 8.06. The summed E-state index contributed by atoms with van der Waals surface area (Å²) in [6, 6.07) is 1.03. The predicted octanol–water partition coefficient (Wildman–Crippen LogP) is 1.75. The maximum atomic E-state index is 11.7. The molecular formula is C12H15N3O3S2. The molecule has 3 N–H and O–H groups in total. The Labute approximate surface area is 125 Å². The highest BCUT2D eigenvalue weighted by Gasteiger charge is 2.15. The second kappa shape index (κ2) is 7.39. The molecule has 8 heteroatoms. The van der Waals surface area contributed by atoms with Crippen molar-refractivity contribution in [2.75, 3.05) is 29.1 Å². The van der Waals surface area contributed by atoms with Crippen LogP contribution >= 0.6 is 23.5 Å². The maximum Gasteiger partial charge on any atom is 0.337 e. The Morgan fingerprint density at radius 3 is 2.95 bits per heavy atom. The van der Waals surface area contributed by atoms with Crippen molar-refractivity contribution in [2.24, 2.45) is 0 Å². The number of pyridine rings is 1. The third kappa shape index (κ3) is 4.61. The Bertz CT molecular complexity index is 493. The van der Waals surface area contributed by atoms with E-state index in [0.29, 0.717) is 17.5 Å². The second-order valence-corrected chi connectivity index (χ2v) is 6.73. The van der Waals surface area contributed by atoms with Gasteiger partial charge in [-0.2, -0.15) is 23.5 Å². The van der Waals surface area contributed by atoms with E-state index < -0.39 is 5.97 Å². The molecule has 2 amide bonds. The molecule has 1 saturated heterocycles. The van der Waals surface area contributed by atoms with Crippen molar-refractivity contribution in [3.63, 3.8) is 0 Å². The van der Waals surface area contributed by atoms with Gasteiger partial charge in [-0.1, -0.05) is 0 Å². The number of urea groups is 1. The number of amides is 2. The van der Waals surface area contributed by atoms with Crippen molar-refractivity contribution in [1.82, 2.24) is 10.3 Å². The SMILES string of the molecule is O=C(NCC1CSCCS1)Nc1cncc(C(=O)O)c1. The van der Waals surface area contributed by atoms with Gasteiger partial charge in [0, 0.05) is 35.3 Å². The molecule has 0 aliphatic carbocycles. The Hall–Kier alpha value is -1.41. The van der Waals surface area contributed by atoms with Gasteiger partial charge in [0.1, 0.15) is 0 Å². The van der Waals surface area contributed by atoms with Crippen LogP contribution in [0.1, 0.15) is 10.4 Å². The first-order valence-corrected chi connectivity index (χ1v) is 8.28. The Morgan fingerprint density at radius 2 is 2.25 bits per heavy atom. The number of thioether (sulfide) groups is 2. The number of nitrogens with zero attached hydrogens (tertiary/aromatic N) is 1. The molecule has 1 unspecified atom stereocenters. The topological polar surface area (TPSA) is 91.3 Å². The van der Waals surface area contributed by atoms with Crippen molar-refractivity contribution in [3.8, 4) is 0 Å². The molecule has 1 aliphatic rings. The maximum absolute atomic E-state index is 11.7. The molecular weight excluding hydrogens is 298 g/mol. The molecule has 1 aromatic rings. The monoisotopic (exact) mass is 313 g/mol. The summed E-state index contributed by atoms with van der Waals surface area (Å²) >= 11 is 3.76.